The molecule has 4 aromatic rings. The SMILES string of the molecule is Cc1cc([C@@H](C)Nc2ccc(Cl)nc2N2CC3(COC3)C2)c2oc(-c3ccccc3)c(C)c(=O)c2c1. The standard InChI is InChI=1S/C29H28ClN3O3/c1-17-11-21(27-22(12-17)25(34)18(2)26(36-27)20-7-5-4-6-8-20)19(3)31-23-9-10-24(30)32-28(23)33-13-29(14-33)15-35-16-29/h4-12,19,31H,13-16H2,1-3H3/t19-/m1/s1. The fraction of sp³-hybridized carbons (Fsp3) is 0.310. The zero-order valence-electron chi connectivity index (χ0n) is 20.6. The van der Waals surface area contributed by atoms with Crippen molar-refractivity contribution in [3.63, 3.8) is 0 Å². The average Bonchev–Trinajstić information content (AvgIpc) is 2.81. The lowest BCUT2D eigenvalue weighted by Gasteiger charge is -2.55. The molecule has 0 unspecified atom stereocenters. The Morgan fingerprint density at radius 1 is 1.08 bits per heavy atom. The number of nitrogens with zero attached hydrogens (tertiary/aromatic N) is 2. The first-order valence-electron chi connectivity index (χ1n) is 12.2. The van der Waals surface area contributed by atoms with Crippen molar-refractivity contribution in [2.24, 2.45) is 5.41 Å². The number of aryl methyl sites for hydroxylation is 1. The lowest BCUT2D eigenvalue weighted by atomic mass is 9.78. The molecule has 4 heterocycles. The van der Waals surface area contributed by atoms with E-state index in [4.69, 9.17) is 20.8 Å². The van der Waals surface area contributed by atoms with Crippen molar-refractivity contribution in [3.05, 3.63) is 86.7 Å². The van der Waals surface area contributed by atoms with Gasteiger partial charge in [0.2, 0.25) is 0 Å². The Morgan fingerprint density at radius 3 is 2.53 bits per heavy atom. The number of hydrogen-bond donors (Lipinski definition) is 1. The highest BCUT2D eigenvalue weighted by atomic mass is 35.5. The van der Waals surface area contributed by atoms with E-state index >= 15 is 0 Å². The van der Waals surface area contributed by atoms with E-state index < -0.39 is 0 Å². The van der Waals surface area contributed by atoms with Crippen LogP contribution in [-0.4, -0.2) is 31.3 Å². The number of benzene rings is 2. The van der Waals surface area contributed by atoms with Crippen LogP contribution < -0.4 is 15.6 Å². The second-order valence-electron chi connectivity index (χ2n) is 10.2. The summed E-state index contributed by atoms with van der Waals surface area (Å²) in [7, 11) is 0. The number of rotatable bonds is 5. The molecule has 36 heavy (non-hydrogen) atoms. The Hall–Kier alpha value is -3.35. The smallest absolute Gasteiger partial charge is 0.196 e. The highest BCUT2D eigenvalue weighted by Gasteiger charge is 2.50. The first-order chi connectivity index (χ1) is 17.3. The average molecular weight is 502 g/mol. The van der Waals surface area contributed by atoms with Gasteiger partial charge in [0.1, 0.15) is 16.5 Å². The van der Waals surface area contributed by atoms with Gasteiger partial charge in [0.25, 0.3) is 0 Å². The van der Waals surface area contributed by atoms with Crippen LogP contribution in [0.2, 0.25) is 5.15 Å². The summed E-state index contributed by atoms with van der Waals surface area (Å²) < 4.78 is 11.9. The van der Waals surface area contributed by atoms with Crippen LogP contribution in [0.3, 0.4) is 0 Å². The molecule has 6 rings (SSSR count). The van der Waals surface area contributed by atoms with Crippen LogP contribution in [0.1, 0.15) is 29.7 Å². The summed E-state index contributed by atoms with van der Waals surface area (Å²) in [6.45, 7) is 9.34. The molecule has 0 bridgehead atoms. The molecule has 0 saturated carbocycles. The van der Waals surface area contributed by atoms with Crippen LogP contribution in [0.15, 0.2) is 63.8 Å². The number of hydrogen-bond acceptors (Lipinski definition) is 6. The summed E-state index contributed by atoms with van der Waals surface area (Å²) in [5, 5.41) is 4.68. The quantitative estimate of drug-likeness (QED) is 0.331. The molecular weight excluding hydrogens is 474 g/mol. The largest absolute Gasteiger partial charge is 0.455 e. The fourth-order valence-corrected chi connectivity index (χ4v) is 5.47. The van der Waals surface area contributed by atoms with Crippen molar-refractivity contribution in [2.75, 3.05) is 36.5 Å². The third kappa shape index (κ3) is 3.85. The van der Waals surface area contributed by atoms with Gasteiger partial charge in [0.15, 0.2) is 11.2 Å². The molecule has 7 heteroatoms. The molecule has 0 aliphatic carbocycles. The molecule has 2 saturated heterocycles. The van der Waals surface area contributed by atoms with Gasteiger partial charge in [-0.2, -0.15) is 0 Å². The topological polar surface area (TPSA) is 67.6 Å². The molecule has 2 aliphatic rings. The maximum Gasteiger partial charge on any atom is 0.196 e. The van der Waals surface area contributed by atoms with Gasteiger partial charge in [-0.1, -0.05) is 48.0 Å². The van der Waals surface area contributed by atoms with Crippen LogP contribution in [0.5, 0.6) is 0 Å². The van der Waals surface area contributed by atoms with Crippen LogP contribution in [0, 0.1) is 19.3 Å². The third-order valence-corrected chi connectivity index (χ3v) is 7.49. The number of anilines is 2. The van der Waals surface area contributed by atoms with Crippen molar-refractivity contribution >= 4 is 34.1 Å². The minimum absolute atomic E-state index is 0.00491. The lowest BCUT2D eigenvalue weighted by molar-refractivity contribution is -0.127. The number of halogens is 1. The van der Waals surface area contributed by atoms with Crippen molar-refractivity contribution in [1.82, 2.24) is 4.98 Å². The number of pyridine rings is 1. The molecule has 0 radical (unpaired) electrons. The molecule has 0 amide bonds. The van der Waals surface area contributed by atoms with Gasteiger partial charge in [0.05, 0.1) is 35.7 Å². The maximum absolute atomic E-state index is 13.4. The first kappa shape index (κ1) is 23.1. The van der Waals surface area contributed by atoms with Gasteiger partial charge in [-0.3, -0.25) is 4.79 Å². The summed E-state index contributed by atoms with van der Waals surface area (Å²) >= 11 is 6.28. The zero-order valence-corrected chi connectivity index (χ0v) is 21.4. The number of ether oxygens (including phenoxy) is 1. The molecule has 184 valence electrons. The number of nitrogens with one attached hydrogen (secondary N) is 1. The number of aromatic nitrogens is 1. The monoisotopic (exact) mass is 501 g/mol. The van der Waals surface area contributed by atoms with Crippen LogP contribution in [-0.2, 0) is 4.74 Å². The van der Waals surface area contributed by atoms with E-state index in [-0.39, 0.29) is 16.9 Å². The molecular formula is C29H28ClN3O3. The van der Waals surface area contributed by atoms with Crippen molar-refractivity contribution in [3.8, 4) is 11.3 Å². The molecule has 2 fully saturated rings. The summed E-state index contributed by atoms with van der Waals surface area (Å²) in [5.74, 6) is 1.44. The van der Waals surface area contributed by atoms with Crippen molar-refractivity contribution in [1.29, 1.82) is 0 Å². The van der Waals surface area contributed by atoms with E-state index in [1.54, 1.807) is 6.07 Å². The highest BCUT2D eigenvalue weighted by molar-refractivity contribution is 6.29. The molecule has 1 N–H and O–H groups in total. The Kier molecular flexibility index (Phi) is 5.54. The minimum Gasteiger partial charge on any atom is -0.455 e. The van der Waals surface area contributed by atoms with Crippen LogP contribution >= 0.6 is 11.6 Å². The second-order valence-corrected chi connectivity index (χ2v) is 10.6. The summed E-state index contributed by atoms with van der Waals surface area (Å²) in [6, 6.07) is 17.4. The summed E-state index contributed by atoms with van der Waals surface area (Å²) in [4.78, 5) is 20.3. The lowest BCUT2D eigenvalue weighted by Crippen LogP contribution is -2.66. The second kappa shape index (κ2) is 8.64. The Bertz CT molecular complexity index is 1520. The normalized spacial score (nSPS) is 17.1. The highest BCUT2D eigenvalue weighted by Crippen LogP contribution is 2.43. The van der Waals surface area contributed by atoms with Gasteiger partial charge < -0.3 is 19.4 Å². The predicted molar refractivity (Wildman–Crippen MR) is 144 cm³/mol. The van der Waals surface area contributed by atoms with E-state index in [1.165, 1.54) is 0 Å². The van der Waals surface area contributed by atoms with Gasteiger partial charge in [-0.15, -0.1) is 0 Å². The Labute approximate surface area is 214 Å². The van der Waals surface area contributed by atoms with Crippen molar-refractivity contribution < 1.29 is 9.15 Å². The van der Waals surface area contributed by atoms with Gasteiger partial charge >= 0.3 is 0 Å². The first-order valence-corrected chi connectivity index (χ1v) is 12.6. The Balaban J connectivity index is 1.40. The van der Waals surface area contributed by atoms with E-state index in [0.29, 0.717) is 27.4 Å². The Morgan fingerprint density at radius 2 is 1.83 bits per heavy atom. The van der Waals surface area contributed by atoms with E-state index in [2.05, 4.69) is 28.2 Å². The minimum atomic E-state index is -0.147. The maximum atomic E-state index is 13.4. The molecule has 2 aromatic heterocycles. The van der Waals surface area contributed by atoms with Crippen LogP contribution in [0.4, 0.5) is 11.5 Å². The van der Waals surface area contributed by atoms with Gasteiger partial charge in [-0.05, 0) is 44.5 Å². The van der Waals surface area contributed by atoms with E-state index in [0.717, 1.165) is 54.5 Å². The molecule has 1 atom stereocenters. The zero-order chi connectivity index (χ0) is 25.0. The van der Waals surface area contributed by atoms with Crippen molar-refractivity contribution in [2.45, 2.75) is 26.8 Å². The van der Waals surface area contributed by atoms with E-state index in [1.807, 2.05) is 56.3 Å². The molecule has 6 nitrogen and oxygen atoms in total. The molecule has 1 spiro atoms. The molecule has 2 aromatic carbocycles. The third-order valence-electron chi connectivity index (χ3n) is 7.28. The number of fused-ring (bicyclic) bond motifs is 1. The summed E-state index contributed by atoms with van der Waals surface area (Å²) in [6.07, 6.45) is 0. The van der Waals surface area contributed by atoms with Gasteiger partial charge in [-0.25, -0.2) is 4.98 Å². The van der Waals surface area contributed by atoms with E-state index in [9.17, 15) is 4.79 Å². The summed E-state index contributed by atoms with van der Waals surface area (Å²) in [5.41, 5.74) is 5.19. The predicted octanol–water partition coefficient (Wildman–Crippen LogP) is 6.13. The fourth-order valence-electron chi connectivity index (χ4n) is 5.33. The molecule has 2 aliphatic heterocycles. The van der Waals surface area contributed by atoms with Crippen LogP contribution in [0.25, 0.3) is 22.3 Å². The van der Waals surface area contributed by atoms with Gasteiger partial charge in [0, 0.05) is 29.8 Å².